The van der Waals surface area contributed by atoms with E-state index in [2.05, 4.69) is 5.32 Å². The van der Waals surface area contributed by atoms with Crippen molar-refractivity contribution in [2.24, 2.45) is 5.92 Å². The fourth-order valence-corrected chi connectivity index (χ4v) is 2.61. The first-order chi connectivity index (χ1) is 9.01. The van der Waals surface area contributed by atoms with Crippen LogP contribution in [-0.4, -0.2) is 34.9 Å². The minimum Gasteiger partial charge on any atom is -0.396 e. The number of carbonyl (C=O) groups is 1. The Labute approximate surface area is 115 Å². The molecule has 0 heterocycles. The third-order valence-electron chi connectivity index (χ3n) is 3.40. The standard InChI is InChI=1S/C13H15ClFNO3/c14-11-4-8(15)1-2-10(11)13(19)16-9-3-7(6-17)12(18)5-9/h1-2,4,7,9,12,17-18H,3,5-6H2,(H,16,19)/t7-,9+,12+/m0/s1. The maximum absolute atomic E-state index is 12.9. The average molecular weight is 288 g/mol. The van der Waals surface area contributed by atoms with Gasteiger partial charge in [0.1, 0.15) is 5.82 Å². The van der Waals surface area contributed by atoms with Crippen molar-refractivity contribution in [1.29, 1.82) is 0 Å². The minimum absolute atomic E-state index is 0.0507. The van der Waals surface area contributed by atoms with E-state index < -0.39 is 17.8 Å². The van der Waals surface area contributed by atoms with Gasteiger partial charge in [0, 0.05) is 18.6 Å². The van der Waals surface area contributed by atoms with E-state index >= 15 is 0 Å². The summed E-state index contributed by atoms with van der Waals surface area (Å²) in [6.07, 6.45) is 0.303. The van der Waals surface area contributed by atoms with E-state index in [1.807, 2.05) is 0 Å². The molecule has 0 radical (unpaired) electrons. The predicted octanol–water partition coefficient (Wildman–Crippen LogP) is 1.34. The molecule has 0 saturated heterocycles. The first-order valence-corrected chi connectivity index (χ1v) is 6.44. The van der Waals surface area contributed by atoms with Gasteiger partial charge in [0.25, 0.3) is 5.91 Å². The van der Waals surface area contributed by atoms with Crippen LogP contribution in [0.3, 0.4) is 0 Å². The summed E-state index contributed by atoms with van der Waals surface area (Å²) in [5.74, 6) is -1.12. The van der Waals surface area contributed by atoms with Gasteiger partial charge in [0.15, 0.2) is 0 Å². The van der Waals surface area contributed by atoms with Crippen molar-refractivity contribution in [3.63, 3.8) is 0 Å². The summed E-state index contributed by atoms with van der Waals surface area (Å²) in [7, 11) is 0. The molecule has 1 aliphatic rings. The number of aliphatic hydroxyl groups is 2. The van der Waals surface area contributed by atoms with E-state index in [1.54, 1.807) is 0 Å². The Morgan fingerprint density at radius 2 is 2.21 bits per heavy atom. The van der Waals surface area contributed by atoms with Crippen molar-refractivity contribution in [2.75, 3.05) is 6.61 Å². The van der Waals surface area contributed by atoms with Crippen molar-refractivity contribution in [2.45, 2.75) is 25.0 Å². The Morgan fingerprint density at radius 3 is 2.79 bits per heavy atom. The van der Waals surface area contributed by atoms with Gasteiger partial charge in [-0.25, -0.2) is 4.39 Å². The molecule has 19 heavy (non-hydrogen) atoms. The van der Waals surface area contributed by atoms with Crippen molar-refractivity contribution in [3.05, 3.63) is 34.6 Å². The largest absolute Gasteiger partial charge is 0.396 e. The Bertz CT molecular complexity index is 483. The summed E-state index contributed by atoms with van der Waals surface area (Å²) in [6.45, 7) is -0.106. The topological polar surface area (TPSA) is 69.6 Å². The zero-order valence-corrected chi connectivity index (χ0v) is 10.9. The number of benzene rings is 1. The third-order valence-corrected chi connectivity index (χ3v) is 3.72. The molecule has 6 heteroatoms. The molecule has 0 unspecified atom stereocenters. The molecule has 0 aromatic heterocycles. The second-order valence-corrected chi connectivity index (χ2v) is 5.18. The van der Waals surface area contributed by atoms with Gasteiger partial charge in [-0.2, -0.15) is 0 Å². The van der Waals surface area contributed by atoms with Crippen LogP contribution in [0.25, 0.3) is 0 Å². The van der Waals surface area contributed by atoms with E-state index in [9.17, 15) is 14.3 Å². The summed E-state index contributed by atoms with van der Waals surface area (Å²) in [4.78, 5) is 12.0. The summed E-state index contributed by atoms with van der Waals surface area (Å²) < 4.78 is 12.9. The van der Waals surface area contributed by atoms with E-state index in [-0.39, 0.29) is 29.2 Å². The van der Waals surface area contributed by atoms with E-state index in [0.29, 0.717) is 12.8 Å². The van der Waals surface area contributed by atoms with Gasteiger partial charge in [0.05, 0.1) is 16.7 Å². The lowest BCUT2D eigenvalue weighted by Crippen LogP contribution is -2.33. The van der Waals surface area contributed by atoms with Gasteiger partial charge in [-0.1, -0.05) is 11.6 Å². The maximum Gasteiger partial charge on any atom is 0.253 e. The Balaban J connectivity index is 2.02. The fraction of sp³-hybridized carbons (Fsp3) is 0.462. The van der Waals surface area contributed by atoms with Crippen molar-refractivity contribution in [1.82, 2.24) is 5.32 Å². The first-order valence-electron chi connectivity index (χ1n) is 6.06. The molecule has 1 aromatic rings. The number of rotatable bonds is 3. The fourth-order valence-electron chi connectivity index (χ4n) is 2.35. The van der Waals surface area contributed by atoms with Crippen LogP contribution in [0.5, 0.6) is 0 Å². The van der Waals surface area contributed by atoms with Crippen LogP contribution < -0.4 is 5.32 Å². The lowest BCUT2D eigenvalue weighted by atomic mass is 10.1. The summed E-state index contributed by atoms with van der Waals surface area (Å²) in [5.41, 5.74) is 0.199. The number of aliphatic hydroxyl groups excluding tert-OH is 2. The highest BCUT2D eigenvalue weighted by Crippen LogP contribution is 2.26. The molecule has 3 atom stereocenters. The van der Waals surface area contributed by atoms with Crippen LogP contribution in [0.15, 0.2) is 18.2 Å². The normalized spacial score (nSPS) is 26.4. The summed E-state index contributed by atoms with van der Waals surface area (Å²) in [5, 5.41) is 21.5. The van der Waals surface area contributed by atoms with Gasteiger partial charge in [-0.15, -0.1) is 0 Å². The third kappa shape index (κ3) is 3.23. The van der Waals surface area contributed by atoms with E-state index in [4.69, 9.17) is 16.7 Å². The second kappa shape index (κ2) is 5.86. The quantitative estimate of drug-likeness (QED) is 0.786. The number of amides is 1. The molecule has 0 spiro atoms. The highest BCUT2D eigenvalue weighted by atomic mass is 35.5. The smallest absolute Gasteiger partial charge is 0.253 e. The van der Waals surface area contributed by atoms with E-state index in [0.717, 1.165) is 6.07 Å². The van der Waals surface area contributed by atoms with Crippen LogP contribution in [-0.2, 0) is 0 Å². The van der Waals surface area contributed by atoms with Gasteiger partial charge >= 0.3 is 0 Å². The highest BCUT2D eigenvalue weighted by Gasteiger charge is 2.33. The molecular weight excluding hydrogens is 273 g/mol. The van der Waals surface area contributed by atoms with Gasteiger partial charge in [-0.3, -0.25) is 4.79 Å². The van der Waals surface area contributed by atoms with Crippen molar-refractivity contribution < 1.29 is 19.4 Å². The molecule has 1 amide bonds. The second-order valence-electron chi connectivity index (χ2n) is 4.78. The maximum atomic E-state index is 12.9. The zero-order valence-electron chi connectivity index (χ0n) is 10.1. The molecule has 1 aromatic carbocycles. The minimum atomic E-state index is -0.612. The number of nitrogens with one attached hydrogen (secondary N) is 1. The lowest BCUT2D eigenvalue weighted by Gasteiger charge is -2.13. The molecule has 104 valence electrons. The predicted molar refractivity (Wildman–Crippen MR) is 68.5 cm³/mol. The van der Waals surface area contributed by atoms with Crippen LogP contribution in [0.1, 0.15) is 23.2 Å². The molecule has 0 bridgehead atoms. The number of halogens is 2. The zero-order chi connectivity index (χ0) is 14.0. The summed E-state index contributed by atoms with van der Waals surface area (Å²) in [6, 6.07) is 3.36. The van der Waals surface area contributed by atoms with Gasteiger partial charge < -0.3 is 15.5 Å². The Kier molecular flexibility index (Phi) is 4.39. The SMILES string of the molecule is O=C(N[C@@H]1C[C@@H](CO)[C@H](O)C1)c1ccc(F)cc1Cl. The molecular formula is C13H15ClFNO3. The molecule has 0 aliphatic heterocycles. The first kappa shape index (κ1) is 14.2. The number of carbonyl (C=O) groups excluding carboxylic acids is 1. The Hall–Kier alpha value is -1.17. The van der Waals surface area contributed by atoms with E-state index in [1.165, 1.54) is 12.1 Å². The van der Waals surface area contributed by atoms with Crippen molar-refractivity contribution in [3.8, 4) is 0 Å². The summed E-state index contributed by atoms with van der Waals surface area (Å²) >= 11 is 5.80. The Morgan fingerprint density at radius 1 is 1.47 bits per heavy atom. The van der Waals surface area contributed by atoms with Crippen LogP contribution in [0.2, 0.25) is 5.02 Å². The van der Waals surface area contributed by atoms with Gasteiger partial charge in [0.2, 0.25) is 0 Å². The molecule has 3 N–H and O–H groups in total. The molecule has 1 fully saturated rings. The molecule has 4 nitrogen and oxygen atoms in total. The van der Waals surface area contributed by atoms with Crippen LogP contribution in [0.4, 0.5) is 4.39 Å². The molecule has 2 rings (SSSR count). The molecule has 1 saturated carbocycles. The van der Waals surface area contributed by atoms with Gasteiger partial charge in [-0.05, 0) is 31.0 Å². The average Bonchev–Trinajstić information content (AvgIpc) is 2.69. The van der Waals surface area contributed by atoms with Crippen LogP contribution in [0, 0.1) is 11.7 Å². The monoisotopic (exact) mass is 287 g/mol. The highest BCUT2D eigenvalue weighted by molar-refractivity contribution is 6.33. The van der Waals surface area contributed by atoms with Crippen molar-refractivity contribution >= 4 is 17.5 Å². The molecule has 1 aliphatic carbocycles. The lowest BCUT2D eigenvalue weighted by molar-refractivity contribution is 0.0903. The van der Waals surface area contributed by atoms with Crippen LogP contribution >= 0.6 is 11.6 Å². The number of hydrogen-bond donors (Lipinski definition) is 3. The number of hydrogen-bond acceptors (Lipinski definition) is 3.